The molecule has 6 nitrogen and oxygen atoms in total. The predicted molar refractivity (Wildman–Crippen MR) is 120 cm³/mol. The maximum atomic E-state index is 15.3. The number of carbonyl (C=O) groups excluding carboxylic acids is 1. The van der Waals surface area contributed by atoms with Crippen LogP contribution in [0.5, 0.6) is 0 Å². The number of nitrogens with one attached hydrogen (secondary N) is 2. The smallest absolute Gasteiger partial charge is 0.330 e. The second-order valence-electron chi connectivity index (χ2n) is 8.42. The first-order valence-corrected chi connectivity index (χ1v) is 11.2. The zero-order valence-electron chi connectivity index (χ0n) is 18.0. The van der Waals surface area contributed by atoms with Crippen molar-refractivity contribution in [1.82, 2.24) is 20.6 Å². The number of halogens is 7. The van der Waals surface area contributed by atoms with Crippen LogP contribution in [0.2, 0.25) is 10.0 Å². The molecule has 36 heavy (non-hydrogen) atoms. The van der Waals surface area contributed by atoms with Gasteiger partial charge < -0.3 is 4.90 Å². The third-order valence-corrected chi connectivity index (χ3v) is 6.67. The van der Waals surface area contributed by atoms with Crippen molar-refractivity contribution in [2.75, 3.05) is 13.1 Å². The van der Waals surface area contributed by atoms with Gasteiger partial charge in [-0.1, -0.05) is 47.5 Å². The van der Waals surface area contributed by atoms with E-state index in [4.69, 9.17) is 28.0 Å². The lowest BCUT2D eigenvalue weighted by Crippen LogP contribution is -2.58. The maximum Gasteiger partial charge on any atom is 0.428 e. The average molecular weight is 545 g/mol. The van der Waals surface area contributed by atoms with Gasteiger partial charge in [-0.25, -0.2) is 8.78 Å². The number of benzene rings is 2. The van der Waals surface area contributed by atoms with Gasteiger partial charge in [0.25, 0.3) is 5.91 Å². The topological polar surface area (TPSA) is 70.2 Å². The van der Waals surface area contributed by atoms with E-state index in [9.17, 15) is 22.4 Å². The quantitative estimate of drug-likeness (QED) is 0.335. The number of carbonyl (C=O) groups is 1. The Kier molecular flexibility index (Phi) is 5.77. The van der Waals surface area contributed by atoms with Crippen molar-refractivity contribution in [2.45, 2.75) is 17.4 Å². The van der Waals surface area contributed by atoms with Crippen molar-refractivity contribution in [1.29, 1.82) is 0 Å². The van der Waals surface area contributed by atoms with Crippen LogP contribution in [0.1, 0.15) is 27.2 Å². The minimum atomic E-state index is -4.97. The maximum absolute atomic E-state index is 15.3. The third-order valence-electron chi connectivity index (χ3n) is 6.12. The highest BCUT2D eigenvalue weighted by Gasteiger charge is 2.60. The molecule has 3 heterocycles. The van der Waals surface area contributed by atoms with Gasteiger partial charge in [-0.15, -0.1) is 0 Å². The highest BCUT2D eigenvalue weighted by molar-refractivity contribution is 6.35. The lowest BCUT2D eigenvalue weighted by atomic mass is 9.86. The molecule has 1 fully saturated rings. The Morgan fingerprint density at radius 3 is 2.25 bits per heavy atom. The Morgan fingerprint density at radius 2 is 1.69 bits per heavy atom. The van der Waals surface area contributed by atoms with Crippen molar-refractivity contribution in [3.63, 3.8) is 0 Å². The number of hydroxylamine groups is 1. The molecule has 188 valence electrons. The van der Waals surface area contributed by atoms with E-state index in [1.54, 1.807) is 0 Å². The lowest BCUT2D eigenvalue weighted by molar-refractivity contribution is -0.269. The van der Waals surface area contributed by atoms with Gasteiger partial charge in [0.05, 0.1) is 28.8 Å². The molecule has 0 radical (unpaired) electrons. The molecule has 1 unspecified atom stereocenters. The van der Waals surface area contributed by atoms with Crippen LogP contribution in [0.25, 0.3) is 5.70 Å². The summed E-state index contributed by atoms with van der Waals surface area (Å²) >= 11 is 11.4. The summed E-state index contributed by atoms with van der Waals surface area (Å²) in [7, 11) is 0. The number of hydrogen-bond acceptors (Lipinski definition) is 4. The molecule has 2 aromatic carbocycles. The molecule has 3 aromatic rings. The molecular weight excluding hydrogens is 530 g/mol. The van der Waals surface area contributed by atoms with Crippen LogP contribution in [-0.2, 0) is 16.1 Å². The highest BCUT2D eigenvalue weighted by atomic mass is 35.5. The fraction of sp³-hybridized carbons (Fsp3) is 0.217. The van der Waals surface area contributed by atoms with E-state index in [1.807, 2.05) is 0 Å². The summed E-state index contributed by atoms with van der Waals surface area (Å²) in [6, 6.07) is 8.77. The van der Waals surface area contributed by atoms with Crippen molar-refractivity contribution in [3.05, 3.63) is 93.0 Å². The number of aromatic amines is 1. The van der Waals surface area contributed by atoms with Gasteiger partial charge >= 0.3 is 6.18 Å². The monoisotopic (exact) mass is 544 g/mol. The minimum absolute atomic E-state index is 0.0481. The van der Waals surface area contributed by atoms with Crippen LogP contribution in [0, 0.1) is 5.82 Å². The summed E-state index contributed by atoms with van der Waals surface area (Å²) in [6.07, 6.45) is -2.77. The normalized spacial score (nSPS) is 21.1. The van der Waals surface area contributed by atoms with Gasteiger partial charge in [0.15, 0.2) is 11.5 Å². The van der Waals surface area contributed by atoms with E-state index < -0.39 is 38.9 Å². The molecule has 2 N–H and O–H groups in total. The van der Waals surface area contributed by atoms with Crippen molar-refractivity contribution >= 4 is 34.8 Å². The Morgan fingerprint density at radius 1 is 1.06 bits per heavy atom. The molecular formula is C23H15Cl2F5N4O2. The number of nitrogens with zero attached hydrogens (tertiary/aromatic N) is 2. The summed E-state index contributed by atoms with van der Waals surface area (Å²) in [6.45, 7) is -0.366. The first-order valence-electron chi connectivity index (χ1n) is 10.4. The largest absolute Gasteiger partial charge is 0.428 e. The molecule has 0 aliphatic carbocycles. The molecule has 13 heteroatoms. The first kappa shape index (κ1) is 24.5. The van der Waals surface area contributed by atoms with E-state index >= 15 is 4.39 Å². The summed E-state index contributed by atoms with van der Waals surface area (Å²) in [5, 5.41) is 5.04. The summed E-state index contributed by atoms with van der Waals surface area (Å²) in [5.74, 6) is -1.44. The molecule has 1 atom stereocenters. The number of alkyl halides is 4. The molecule has 0 saturated carbocycles. The Labute approximate surface area is 210 Å². The van der Waals surface area contributed by atoms with Gasteiger partial charge in [-0.05, 0) is 35.4 Å². The summed E-state index contributed by atoms with van der Waals surface area (Å²) < 4.78 is 71.6. The third kappa shape index (κ3) is 3.91. The number of amides is 1. The summed E-state index contributed by atoms with van der Waals surface area (Å²) in [5.41, 5.74) is -2.34. The van der Waals surface area contributed by atoms with Gasteiger partial charge in [-0.2, -0.15) is 18.3 Å². The number of aromatic nitrogens is 2. The van der Waals surface area contributed by atoms with Crippen LogP contribution in [0.4, 0.5) is 22.0 Å². The van der Waals surface area contributed by atoms with Crippen LogP contribution >= 0.6 is 23.2 Å². The Hall–Kier alpha value is -3.15. The van der Waals surface area contributed by atoms with E-state index in [0.717, 1.165) is 18.2 Å². The second-order valence-corrected chi connectivity index (χ2v) is 9.24. The number of rotatable bonds is 4. The molecule has 1 amide bonds. The van der Waals surface area contributed by atoms with Crippen LogP contribution in [0.3, 0.4) is 0 Å². The van der Waals surface area contributed by atoms with E-state index in [2.05, 4.69) is 15.7 Å². The average Bonchev–Trinajstić information content (AvgIpc) is 3.51. The summed E-state index contributed by atoms with van der Waals surface area (Å²) in [4.78, 5) is 18.6. The van der Waals surface area contributed by atoms with Crippen molar-refractivity contribution in [2.24, 2.45) is 0 Å². The zero-order chi connectivity index (χ0) is 25.9. The minimum Gasteiger partial charge on any atom is -0.330 e. The van der Waals surface area contributed by atoms with Crippen molar-refractivity contribution < 1.29 is 31.6 Å². The number of likely N-dealkylation sites (tertiary alicyclic amines) is 1. The highest BCUT2D eigenvalue weighted by Crippen LogP contribution is 2.49. The molecule has 0 spiro atoms. The standard InChI is InChI=1S/C23H15Cl2F5N4O2/c24-15-7-14(8-16(25)19(15)26)22(23(28,29)30)9-18(33-36-22)12-1-3-13(4-2-12)21(27)10-34(11-21)20(35)17-5-6-31-32-17/h1-9,33H,10-11H2,(H,31,32). The van der Waals surface area contributed by atoms with E-state index in [1.165, 1.54) is 41.4 Å². The van der Waals surface area contributed by atoms with Crippen LogP contribution < -0.4 is 5.48 Å². The van der Waals surface area contributed by atoms with Gasteiger partial charge in [0.2, 0.25) is 5.60 Å². The fourth-order valence-corrected chi connectivity index (χ4v) is 4.62. The Balaban J connectivity index is 1.39. The van der Waals surface area contributed by atoms with Gasteiger partial charge in [0, 0.05) is 11.8 Å². The van der Waals surface area contributed by atoms with Crippen molar-refractivity contribution in [3.8, 4) is 0 Å². The number of H-pyrrole nitrogens is 1. The predicted octanol–water partition coefficient (Wildman–Crippen LogP) is 5.51. The van der Waals surface area contributed by atoms with Crippen LogP contribution in [-0.4, -0.2) is 40.3 Å². The Bertz CT molecular complexity index is 1330. The lowest BCUT2D eigenvalue weighted by Gasteiger charge is -2.44. The SMILES string of the molecule is O=C(c1ccn[nH]1)N1CC(F)(c2ccc(C3=CC(c4cc(Cl)c(F)c(Cl)c4)(C(F)(F)F)ON3)cc2)C1. The first-order chi connectivity index (χ1) is 16.9. The molecule has 2 aliphatic rings. The molecule has 1 aromatic heterocycles. The molecule has 1 saturated heterocycles. The number of hydrogen-bond donors (Lipinski definition) is 2. The fourth-order valence-electron chi connectivity index (χ4n) is 4.13. The second kappa shape index (κ2) is 8.46. The molecule has 5 rings (SSSR count). The van der Waals surface area contributed by atoms with Gasteiger partial charge in [0.1, 0.15) is 5.69 Å². The molecule has 0 bridgehead atoms. The van der Waals surface area contributed by atoms with E-state index in [0.29, 0.717) is 0 Å². The van der Waals surface area contributed by atoms with Gasteiger partial charge in [-0.3, -0.25) is 20.2 Å². The van der Waals surface area contributed by atoms with E-state index in [-0.39, 0.29) is 41.5 Å². The molecule has 2 aliphatic heterocycles. The van der Waals surface area contributed by atoms with Crippen LogP contribution in [0.15, 0.2) is 54.7 Å². The zero-order valence-corrected chi connectivity index (χ0v) is 19.5.